The van der Waals surface area contributed by atoms with E-state index in [4.69, 9.17) is 23.2 Å². The van der Waals surface area contributed by atoms with Crippen LogP contribution in [-0.4, -0.2) is 24.3 Å². The molecule has 0 bridgehead atoms. The maximum absolute atomic E-state index is 12.6. The molecule has 0 radical (unpaired) electrons. The minimum absolute atomic E-state index is 0.0331. The van der Waals surface area contributed by atoms with Gasteiger partial charge in [0.25, 0.3) is 10.0 Å². The lowest BCUT2D eigenvalue weighted by molar-refractivity contribution is -0.111. The van der Waals surface area contributed by atoms with Gasteiger partial charge in [-0.15, -0.1) is 0 Å². The van der Waals surface area contributed by atoms with Gasteiger partial charge in [0, 0.05) is 23.5 Å². The third kappa shape index (κ3) is 6.27. The molecule has 0 unspecified atom stereocenters. The van der Waals surface area contributed by atoms with Crippen molar-refractivity contribution in [1.82, 2.24) is 9.97 Å². The molecule has 0 spiro atoms. The van der Waals surface area contributed by atoms with Crippen LogP contribution in [0.15, 0.2) is 59.5 Å². The number of nitrogens with one attached hydrogen (secondary N) is 2. The van der Waals surface area contributed by atoms with Crippen molar-refractivity contribution in [3.8, 4) is 0 Å². The second-order valence-electron chi connectivity index (χ2n) is 6.57. The number of rotatable bonds is 6. The van der Waals surface area contributed by atoms with E-state index in [0.717, 1.165) is 0 Å². The van der Waals surface area contributed by atoms with E-state index in [2.05, 4.69) is 20.0 Å². The Bertz CT molecular complexity index is 1240. The zero-order chi connectivity index (χ0) is 22.6. The molecule has 160 valence electrons. The van der Waals surface area contributed by atoms with Gasteiger partial charge < -0.3 is 5.32 Å². The van der Waals surface area contributed by atoms with E-state index < -0.39 is 10.0 Å². The van der Waals surface area contributed by atoms with Crippen molar-refractivity contribution in [1.29, 1.82) is 0 Å². The Labute approximate surface area is 190 Å². The number of benzene rings is 2. The van der Waals surface area contributed by atoms with E-state index in [-0.39, 0.29) is 16.6 Å². The first-order valence-corrected chi connectivity index (χ1v) is 11.3. The Kier molecular flexibility index (Phi) is 6.94. The van der Waals surface area contributed by atoms with Crippen LogP contribution in [0.5, 0.6) is 0 Å². The third-order valence-corrected chi connectivity index (χ3v) is 6.12. The number of hydrogen-bond acceptors (Lipinski definition) is 5. The molecule has 0 saturated heterocycles. The summed E-state index contributed by atoms with van der Waals surface area (Å²) in [5.41, 5.74) is 1.81. The average Bonchev–Trinajstić information content (AvgIpc) is 2.68. The summed E-state index contributed by atoms with van der Waals surface area (Å²) >= 11 is 11.8. The lowest BCUT2D eigenvalue weighted by atomic mass is 10.2. The molecule has 1 heterocycles. The first kappa shape index (κ1) is 22.7. The highest BCUT2D eigenvalue weighted by Crippen LogP contribution is 2.23. The van der Waals surface area contributed by atoms with Crippen LogP contribution in [0.3, 0.4) is 0 Å². The molecule has 1 aromatic heterocycles. The minimum Gasteiger partial charge on any atom is -0.323 e. The maximum atomic E-state index is 12.6. The highest BCUT2D eigenvalue weighted by molar-refractivity contribution is 7.92. The van der Waals surface area contributed by atoms with Crippen LogP contribution in [0.2, 0.25) is 10.0 Å². The molecule has 3 rings (SSSR count). The minimum atomic E-state index is -3.84. The molecule has 2 aromatic carbocycles. The molecular weight excluding hydrogens is 459 g/mol. The summed E-state index contributed by atoms with van der Waals surface area (Å²) in [5, 5.41) is 3.48. The third-order valence-electron chi connectivity index (χ3n) is 4.01. The number of nitrogens with zero attached hydrogens (tertiary/aromatic N) is 2. The number of carbonyl (C=O) groups is 1. The predicted molar refractivity (Wildman–Crippen MR) is 123 cm³/mol. The summed E-state index contributed by atoms with van der Waals surface area (Å²) in [4.78, 5) is 20.3. The van der Waals surface area contributed by atoms with Gasteiger partial charge >= 0.3 is 0 Å². The number of anilines is 2. The largest absolute Gasteiger partial charge is 0.323 e. The van der Waals surface area contributed by atoms with Crippen LogP contribution in [0.1, 0.15) is 17.1 Å². The number of hydrogen-bond donors (Lipinski definition) is 2. The molecule has 31 heavy (non-hydrogen) atoms. The average molecular weight is 477 g/mol. The Hall–Kier alpha value is -2.94. The lowest BCUT2D eigenvalue weighted by Gasteiger charge is -2.09. The SMILES string of the molecule is Cc1cc(NS(=O)(=O)c2ccc(NC(=O)C=Cc3ccc(Cl)c(Cl)c3)cc2)nc(C)n1. The Balaban J connectivity index is 1.66. The number of sulfonamides is 1. The van der Waals surface area contributed by atoms with Gasteiger partial charge in [0.2, 0.25) is 5.91 Å². The highest BCUT2D eigenvalue weighted by Gasteiger charge is 2.15. The molecule has 0 saturated carbocycles. The van der Waals surface area contributed by atoms with Crippen molar-refractivity contribution in [2.75, 3.05) is 10.0 Å². The number of aryl methyl sites for hydroxylation is 2. The van der Waals surface area contributed by atoms with Gasteiger partial charge in [0.1, 0.15) is 11.6 Å². The Morgan fingerprint density at radius 3 is 2.32 bits per heavy atom. The van der Waals surface area contributed by atoms with Crippen LogP contribution in [0.4, 0.5) is 11.5 Å². The van der Waals surface area contributed by atoms with Crippen LogP contribution in [-0.2, 0) is 14.8 Å². The molecular formula is C21H18Cl2N4O3S. The maximum Gasteiger partial charge on any atom is 0.263 e. The van der Waals surface area contributed by atoms with Gasteiger partial charge in [-0.3, -0.25) is 9.52 Å². The first-order chi connectivity index (χ1) is 14.6. The highest BCUT2D eigenvalue weighted by atomic mass is 35.5. The van der Waals surface area contributed by atoms with Gasteiger partial charge in [-0.2, -0.15) is 0 Å². The fraction of sp³-hybridized carbons (Fsp3) is 0.0952. The van der Waals surface area contributed by atoms with E-state index in [1.54, 1.807) is 44.2 Å². The van der Waals surface area contributed by atoms with E-state index in [1.807, 2.05) is 0 Å². The number of amides is 1. The van der Waals surface area contributed by atoms with E-state index in [1.165, 1.54) is 30.3 Å². The van der Waals surface area contributed by atoms with Crippen molar-refractivity contribution in [3.63, 3.8) is 0 Å². The van der Waals surface area contributed by atoms with Crippen molar-refractivity contribution >= 4 is 56.7 Å². The second kappa shape index (κ2) is 9.47. The second-order valence-corrected chi connectivity index (χ2v) is 9.06. The number of halogens is 2. The van der Waals surface area contributed by atoms with E-state index >= 15 is 0 Å². The summed E-state index contributed by atoms with van der Waals surface area (Å²) < 4.78 is 27.6. The summed E-state index contributed by atoms with van der Waals surface area (Å²) in [6.07, 6.45) is 2.93. The van der Waals surface area contributed by atoms with Crippen LogP contribution in [0.25, 0.3) is 6.08 Å². The standard InChI is InChI=1S/C21H18Cl2N4O3S/c1-13-11-20(25-14(2)24-13)27-31(29,30)17-7-5-16(6-8-17)26-21(28)10-4-15-3-9-18(22)19(23)12-15/h3-12H,1-2H3,(H,26,28)(H,24,25,27). The number of aromatic nitrogens is 2. The number of carbonyl (C=O) groups excluding carboxylic acids is 1. The molecule has 0 aliphatic rings. The Morgan fingerprint density at radius 2 is 1.68 bits per heavy atom. The molecule has 7 nitrogen and oxygen atoms in total. The topological polar surface area (TPSA) is 101 Å². The molecule has 1 amide bonds. The Morgan fingerprint density at radius 1 is 0.968 bits per heavy atom. The van der Waals surface area contributed by atoms with Crippen molar-refractivity contribution < 1.29 is 13.2 Å². The molecule has 0 aliphatic carbocycles. The quantitative estimate of drug-likeness (QED) is 0.494. The predicted octanol–water partition coefficient (Wildman–Crippen LogP) is 4.85. The summed E-state index contributed by atoms with van der Waals surface area (Å²) in [5.74, 6) is 0.270. The van der Waals surface area contributed by atoms with Gasteiger partial charge in [-0.05, 0) is 61.9 Å². The lowest BCUT2D eigenvalue weighted by Crippen LogP contribution is -2.15. The molecule has 2 N–H and O–H groups in total. The smallest absolute Gasteiger partial charge is 0.263 e. The molecule has 0 aliphatic heterocycles. The normalized spacial score (nSPS) is 11.5. The van der Waals surface area contributed by atoms with Gasteiger partial charge in [-0.25, -0.2) is 18.4 Å². The summed E-state index contributed by atoms with van der Waals surface area (Å²) in [6.45, 7) is 3.43. The fourth-order valence-electron chi connectivity index (χ4n) is 2.66. The van der Waals surface area contributed by atoms with Gasteiger partial charge in [0.05, 0.1) is 14.9 Å². The molecule has 0 fully saturated rings. The summed E-state index contributed by atoms with van der Waals surface area (Å²) in [6, 6.07) is 12.3. The molecule has 3 aromatic rings. The van der Waals surface area contributed by atoms with Crippen LogP contribution >= 0.6 is 23.2 Å². The van der Waals surface area contributed by atoms with Crippen LogP contribution in [0, 0.1) is 13.8 Å². The summed E-state index contributed by atoms with van der Waals surface area (Å²) in [7, 11) is -3.84. The zero-order valence-corrected chi connectivity index (χ0v) is 18.9. The molecule has 0 atom stereocenters. The monoisotopic (exact) mass is 476 g/mol. The first-order valence-electron chi connectivity index (χ1n) is 9.02. The van der Waals surface area contributed by atoms with Crippen molar-refractivity contribution in [3.05, 3.63) is 81.7 Å². The van der Waals surface area contributed by atoms with E-state index in [9.17, 15) is 13.2 Å². The van der Waals surface area contributed by atoms with Crippen molar-refractivity contribution in [2.45, 2.75) is 18.7 Å². The van der Waals surface area contributed by atoms with E-state index in [0.29, 0.717) is 32.8 Å². The molecule has 10 heteroatoms. The van der Waals surface area contributed by atoms with Gasteiger partial charge in [-0.1, -0.05) is 29.3 Å². The van der Waals surface area contributed by atoms with Crippen LogP contribution < -0.4 is 10.0 Å². The van der Waals surface area contributed by atoms with Crippen molar-refractivity contribution in [2.24, 2.45) is 0 Å². The fourth-order valence-corrected chi connectivity index (χ4v) is 3.95. The zero-order valence-electron chi connectivity index (χ0n) is 16.6. The van der Waals surface area contributed by atoms with Gasteiger partial charge in [0.15, 0.2) is 0 Å².